The van der Waals surface area contributed by atoms with Crippen LogP contribution in [0.4, 0.5) is 0 Å². The summed E-state index contributed by atoms with van der Waals surface area (Å²) in [5, 5.41) is 11.3. The maximum Gasteiger partial charge on any atom is 0.230 e. The molecule has 154 valence electrons. The van der Waals surface area contributed by atoms with Crippen molar-refractivity contribution in [2.45, 2.75) is 60.6 Å². The Morgan fingerprint density at radius 2 is 1.79 bits per heavy atom. The molecule has 0 aliphatic carbocycles. The van der Waals surface area contributed by atoms with Crippen LogP contribution in [0.1, 0.15) is 51.2 Å². The van der Waals surface area contributed by atoms with Gasteiger partial charge in [-0.3, -0.25) is 4.79 Å². The lowest BCUT2D eigenvalue weighted by atomic mass is 10.0. The molecule has 1 aromatic heterocycles. The van der Waals surface area contributed by atoms with E-state index in [2.05, 4.69) is 53.6 Å². The van der Waals surface area contributed by atoms with E-state index in [-0.39, 0.29) is 12.0 Å². The molecule has 1 aromatic carbocycles. The molecule has 5 nitrogen and oxygen atoms in total. The van der Waals surface area contributed by atoms with Crippen molar-refractivity contribution in [3.05, 3.63) is 35.4 Å². The highest BCUT2D eigenvalue weighted by molar-refractivity contribution is 8.03. The van der Waals surface area contributed by atoms with Crippen LogP contribution in [-0.2, 0) is 15.3 Å². The Morgan fingerprint density at radius 1 is 1.11 bits per heavy atom. The molecule has 2 aromatic rings. The Kier molecular flexibility index (Phi) is 10.3. The van der Waals surface area contributed by atoms with E-state index in [4.69, 9.17) is 4.74 Å². The van der Waals surface area contributed by atoms with Gasteiger partial charge >= 0.3 is 0 Å². The standard InChI is InChI=1S/C20H29N3O2S3/c1-14(2)17-8-6-16(7-9-17)12-26-19-22-23-20(28-19)27-13-18(24)21-10-5-11-25-15(3)4/h6-9,14-15H,5,10-13H2,1-4H3,(H,21,24). The first-order chi connectivity index (χ1) is 13.4. The highest BCUT2D eigenvalue weighted by Crippen LogP contribution is 2.30. The third-order valence-corrected chi connectivity index (χ3v) is 7.08. The van der Waals surface area contributed by atoms with Crippen LogP contribution in [0.15, 0.2) is 32.9 Å². The molecule has 0 aliphatic heterocycles. The first-order valence-corrected chi connectivity index (χ1v) is 12.3. The lowest BCUT2D eigenvalue weighted by Gasteiger charge is -2.07. The van der Waals surface area contributed by atoms with Crippen LogP contribution in [0.3, 0.4) is 0 Å². The van der Waals surface area contributed by atoms with Crippen molar-refractivity contribution in [3.8, 4) is 0 Å². The van der Waals surface area contributed by atoms with Gasteiger partial charge in [-0.1, -0.05) is 73.0 Å². The van der Waals surface area contributed by atoms with Crippen molar-refractivity contribution < 1.29 is 9.53 Å². The zero-order valence-corrected chi connectivity index (χ0v) is 19.4. The Hall–Kier alpha value is -1.09. The second-order valence-electron chi connectivity index (χ2n) is 6.93. The Morgan fingerprint density at radius 3 is 2.43 bits per heavy atom. The molecule has 0 bridgehead atoms. The molecule has 0 fully saturated rings. The fourth-order valence-corrected chi connectivity index (χ4v) is 5.06. The van der Waals surface area contributed by atoms with Crippen LogP contribution in [0.25, 0.3) is 0 Å². The van der Waals surface area contributed by atoms with Crippen molar-refractivity contribution >= 4 is 40.8 Å². The molecule has 0 aliphatic rings. The van der Waals surface area contributed by atoms with Gasteiger partial charge in [0, 0.05) is 18.9 Å². The number of hydrogen-bond acceptors (Lipinski definition) is 7. The van der Waals surface area contributed by atoms with E-state index >= 15 is 0 Å². The average Bonchev–Trinajstić information content (AvgIpc) is 3.12. The van der Waals surface area contributed by atoms with Gasteiger partial charge in [-0.05, 0) is 37.3 Å². The van der Waals surface area contributed by atoms with Crippen LogP contribution in [0.5, 0.6) is 0 Å². The molecule has 0 saturated heterocycles. The maximum atomic E-state index is 11.9. The minimum atomic E-state index is 0.0178. The molecule has 0 spiro atoms. The summed E-state index contributed by atoms with van der Waals surface area (Å²) in [6, 6.07) is 8.73. The molecule has 8 heteroatoms. The number of rotatable bonds is 12. The monoisotopic (exact) mass is 439 g/mol. The first kappa shape index (κ1) is 23.2. The molecular formula is C20H29N3O2S3. The smallest absolute Gasteiger partial charge is 0.230 e. The summed E-state index contributed by atoms with van der Waals surface area (Å²) < 4.78 is 7.21. The molecule has 1 amide bonds. The number of nitrogens with zero attached hydrogens (tertiary/aromatic N) is 2. The quantitative estimate of drug-likeness (QED) is 0.372. The number of hydrogen-bond donors (Lipinski definition) is 1. The predicted molar refractivity (Wildman–Crippen MR) is 119 cm³/mol. The minimum absolute atomic E-state index is 0.0178. The second-order valence-corrected chi connectivity index (χ2v) is 10.4. The lowest BCUT2D eigenvalue weighted by molar-refractivity contribution is -0.118. The molecular weight excluding hydrogens is 410 g/mol. The normalized spacial score (nSPS) is 11.4. The van der Waals surface area contributed by atoms with Gasteiger partial charge in [0.25, 0.3) is 0 Å². The fourth-order valence-electron chi connectivity index (χ4n) is 2.25. The van der Waals surface area contributed by atoms with E-state index in [0.29, 0.717) is 24.8 Å². The third kappa shape index (κ3) is 8.94. The summed E-state index contributed by atoms with van der Waals surface area (Å²) in [6.07, 6.45) is 1.06. The van der Waals surface area contributed by atoms with Crippen LogP contribution in [0.2, 0.25) is 0 Å². The van der Waals surface area contributed by atoms with E-state index in [1.165, 1.54) is 22.9 Å². The molecule has 0 atom stereocenters. The molecule has 0 unspecified atom stereocenters. The van der Waals surface area contributed by atoms with E-state index in [0.717, 1.165) is 20.9 Å². The summed E-state index contributed by atoms with van der Waals surface area (Å²) in [4.78, 5) is 11.9. The van der Waals surface area contributed by atoms with E-state index in [1.807, 2.05) is 13.8 Å². The van der Waals surface area contributed by atoms with E-state index in [1.54, 1.807) is 23.1 Å². The van der Waals surface area contributed by atoms with Crippen molar-refractivity contribution in [3.63, 3.8) is 0 Å². The van der Waals surface area contributed by atoms with Gasteiger partial charge < -0.3 is 10.1 Å². The van der Waals surface area contributed by atoms with Crippen molar-refractivity contribution in [1.29, 1.82) is 0 Å². The zero-order valence-electron chi connectivity index (χ0n) is 16.9. The third-order valence-electron chi connectivity index (χ3n) is 3.82. The number of carbonyl (C=O) groups is 1. The van der Waals surface area contributed by atoms with Gasteiger partial charge in [0.15, 0.2) is 8.68 Å². The van der Waals surface area contributed by atoms with Crippen LogP contribution in [0, 0.1) is 0 Å². The number of carbonyl (C=O) groups excluding carboxylic acids is 1. The lowest BCUT2D eigenvalue weighted by Crippen LogP contribution is -2.27. The van der Waals surface area contributed by atoms with Gasteiger partial charge in [0.1, 0.15) is 0 Å². The number of ether oxygens (including phenoxy) is 1. The molecule has 1 N–H and O–H groups in total. The number of nitrogens with one attached hydrogen (secondary N) is 1. The van der Waals surface area contributed by atoms with Gasteiger partial charge in [0.2, 0.25) is 5.91 Å². The first-order valence-electron chi connectivity index (χ1n) is 9.50. The molecule has 2 rings (SSSR count). The average molecular weight is 440 g/mol. The van der Waals surface area contributed by atoms with Gasteiger partial charge in [0.05, 0.1) is 11.9 Å². The van der Waals surface area contributed by atoms with Crippen molar-refractivity contribution in [1.82, 2.24) is 15.5 Å². The summed E-state index contributed by atoms with van der Waals surface area (Å²) >= 11 is 4.66. The Bertz CT molecular complexity index is 718. The fraction of sp³-hybridized carbons (Fsp3) is 0.550. The Balaban J connectivity index is 1.65. The van der Waals surface area contributed by atoms with Crippen LogP contribution < -0.4 is 5.32 Å². The molecule has 0 saturated carbocycles. The van der Waals surface area contributed by atoms with E-state index in [9.17, 15) is 4.79 Å². The van der Waals surface area contributed by atoms with Crippen molar-refractivity contribution in [2.75, 3.05) is 18.9 Å². The number of benzene rings is 1. The second kappa shape index (κ2) is 12.5. The van der Waals surface area contributed by atoms with Crippen molar-refractivity contribution in [2.24, 2.45) is 0 Å². The zero-order chi connectivity index (χ0) is 20.4. The summed E-state index contributed by atoms with van der Waals surface area (Å²) in [5.74, 6) is 1.80. The van der Waals surface area contributed by atoms with Gasteiger partial charge in [-0.15, -0.1) is 10.2 Å². The molecule has 1 heterocycles. The highest BCUT2D eigenvalue weighted by Gasteiger charge is 2.09. The van der Waals surface area contributed by atoms with E-state index < -0.39 is 0 Å². The highest BCUT2D eigenvalue weighted by atomic mass is 32.2. The summed E-state index contributed by atoms with van der Waals surface area (Å²) in [7, 11) is 0. The van der Waals surface area contributed by atoms with Gasteiger partial charge in [-0.2, -0.15) is 0 Å². The van der Waals surface area contributed by atoms with Crippen LogP contribution in [-0.4, -0.2) is 41.1 Å². The van der Waals surface area contributed by atoms with Crippen LogP contribution >= 0.6 is 34.9 Å². The Labute approximate surface area is 180 Å². The number of aromatic nitrogens is 2. The topological polar surface area (TPSA) is 64.1 Å². The minimum Gasteiger partial charge on any atom is -0.379 e. The SMILES string of the molecule is CC(C)OCCCNC(=O)CSc1nnc(SCc2ccc(C(C)C)cc2)s1. The molecule has 28 heavy (non-hydrogen) atoms. The molecule has 0 radical (unpaired) electrons. The number of amides is 1. The number of thioether (sulfide) groups is 2. The predicted octanol–water partition coefficient (Wildman–Crippen LogP) is 4.98. The maximum absolute atomic E-state index is 11.9. The summed E-state index contributed by atoms with van der Waals surface area (Å²) in [5.41, 5.74) is 2.63. The van der Waals surface area contributed by atoms with Gasteiger partial charge in [-0.25, -0.2) is 0 Å². The largest absolute Gasteiger partial charge is 0.379 e. The summed E-state index contributed by atoms with van der Waals surface area (Å²) in [6.45, 7) is 9.72.